The van der Waals surface area contributed by atoms with Crippen molar-refractivity contribution >= 4 is 56.0 Å². The van der Waals surface area contributed by atoms with E-state index in [4.69, 9.17) is 33.1 Å². The number of ether oxygens (including phenoxy) is 2. The molecule has 3 rings (SSSR count). The first-order chi connectivity index (χ1) is 19.0. The molecule has 12 heteroatoms. The molecule has 0 aromatic heterocycles. The normalized spacial score (nSPS) is 13.1. The lowest BCUT2D eigenvalue weighted by Crippen LogP contribution is -2.27. The number of nitrogens with zero attached hydrogens (tertiary/aromatic N) is 4. The molecule has 0 heterocycles. The van der Waals surface area contributed by atoms with Crippen molar-refractivity contribution in [2.75, 3.05) is 14.1 Å². The van der Waals surface area contributed by atoms with Gasteiger partial charge in [0.1, 0.15) is 23.5 Å². The van der Waals surface area contributed by atoms with Gasteiger partial charge in [0, 0.05) is 26.3 Å². The highest BCUT2D eigenvalue weighted by Gasteiger charge is 2.41. The first-order valence-electron chi connectivity index (χ1n) is 12.3. The highest BCUT2D eigenvalue weighted by atomic mass is 32.4. The van der Waals surface area contributed by atoms with E-state index in [2.05, 4.69) is 10.2 Å². The van der Waals surface area contributed by atoms with Gasteiger partial charge >= 0.3 is 13.7 Å². The van der Waals surface area contributed by atoms with Crippen molar-refractivity contribution in [3.8, 4) is 17.2 Å². The van der Waals surface area contributed by atoms with Crippen molar-refractivity contribution in [2.45, 2.75) is 32.0 Å². The van der Waals surface area contributed by atoms with E-state index in [1.54, 1.807) is 70.5 Å². The van der Waals surface area contributed by atoms with Crippen molar-refractivity contribution < 1.29 is 19.4 Å². The molecule has 0 aliphatic heterocycles. The third kappa shape index (κ3) is 9.14. The van der Waals surface area contributed by atoms with Crippen LogP contribution in [0.5, 0.6) is 17.2 Å². The van der Waals surface area contributed by atoms with E-state index in [0.717, 1.165) is 17.4 Å². The van der Waals surface area contributed by atoms with Crippen LogP contribution in [-0.2, 0) is 23.6 Å². The summed E-state index contributed by atoms with van der Waals surface area (Å²) in [6.07, 6.45) is 4.24. The molecule has 3 aromatic carbocycles. The van der Waals surface area contributed by atoms with Crippen LogP contribution in [0.2, 0.25) is 0 Å². The van der Waals surface area contributed by atoms with E-state index in [1.165, 1.54) is 0 Å². The second-order valence-electron chi connectivity index (χ2n) is 9.16. The minimum atomic E-state index is -1.20. The topological polar surface area (TPSA) is 87.0 Å². The molecule has 0 aliphatic carbocycles. The summed E-state index contributed by atoms with van der Waals surface area (Å²) in [6.45, 7) is 3.48. The summed E-state index contributed by atoms with van der Waals surface area (Å²) in [6, 6.07) is 21.3. The van der Waals surface area contributed by atoms with Gasteiger partial charge in [-0.1, -0.05) is 0 Å². The molecule has 40 heavy (non-hydrogen) atoms. The molecule has 0 fully saturated rings. The second kappa shape index (κ2) is 14.4. The summed E-state index contributed by atoms with van der Waals surface area (Å²) < 4.78 is 15.7. The zero-order valence-corrected chi connectivity index (χ0v) is 26.3. The summed E-state index contributed by atoms with van der Waals surface area (Å²) in [4.78, 5) is 10.9. The lowest BCUT2D eigenvalue weighted by molar-refractivity contribution is 0.112. The molecular formula is C28H32N4O4P2S2+2. The molecule has 1 N–H and O–H groups in total. The van der Waals surface area contributed by atoms with Gasteiger partial charge in [0.15, 0.2) is 23.6 Å². The van der Waals surface area contributed by atoms with Crippen LogP contribution in [0, 0.1) is 0 Å². The largest absolute Gasteiger partial charge is 0.508 e. The summed E-state index contributed by atoms with van der Waals surface area (Å²) >= 11 is 11.4. The number of hydrazone groups is 2. The van der Waals surface area contributed by atoms with Crippen LogP contribution in [0.4, 0.5) is 0 Å². The smallest absolute Gasteiger partial charge is 0.358 e. The SMILES string of the molecule is CC(Oc1ccc(/C=N/N(C)[P+](=S)C(C)(C)Oc2ccc(C=O)cc2)cc1)[P+](=S)N(C)/N=C/c1ccc(O)cc1. The molecule has 0 saturated heterocycles. The minimum absolute atomic E-state index is 0.210. The summed E-state index contributed by atoms with van der Waals surface area (Å²) in [5.41, 5.74) is 2.35. The van der Waals surface area contributed by atoms with E-state index in [0.29, 0.717) is 17.1 Å². The molecule has 0 aliphatic rings. The monoisotopic (exact) mass is 614 g/mol. The lowest BCUT2D eigenvalue weighted by atomic mass is 10.2. The first-order valence-corrected chi connectivity index (χ1v) is 17.0. The van der Waals surface area contributed by atoms with Crippen LogP contribution >= 0.6 is 13.7 Å². The first kappa shape index (κ1) is 31.2. The predicted octanol–water partition coefficient (Wildman–Crippen LogP) is 6.69. The molecule has 0 amide bonds. The Bertz CT molecular complexity index is 1380. The molecule has 3 aromatic rings. The maximum absolute atomic E-state index is 10.9. The molecule has 8 nitrogen and oxygen atoms in total. The highest BCUT2D eigenvalue weighted by molar-refractivity contribution is 8.04. The highest BCUT2D eigenvalue weighted by Crippen LogP contribution is 2.43. The molecule has 0 bridgehead atoms. The molecule has 0 radical (unpaired) electrons. The Balaban J connectivity index is 1.53. The minimum Gasteiger partial charge on any atom is -0.508 e. The van der Waals surface area contributed by atoms with Gasteiger partial charge in [0.2, 0.25) is 0 Å². The fourth-order valence-corrected chi connectivity index (χ4v) is 5.71. The van der Waals surface area contributed by atoms with Crippen LogP contribution in [0.15, 0.2) is 83.0 Å². The maximum Gasteiger partial charge on any atom is 0.358 e. The van der Waals surface area contributed by atoms with Crippen LogP contribution < -0.4 is 9.47 Å². The van der Waals surface area contributed by atoms with Crippen molar-refractivity contribution in [1.29, 1.82) is 0 Å². The van der Waals surface area contributed by atoms with Gasteiger partial charge in [-0.05, 0) is 83.9 Å². The van der Waals surface area contributed by atoms with Crippen molar-refractivity contribution in [2.24, 2.45) is 10.2 Å². The maximum atomic E-state index is 10.9. The molecule has 3 unspecified atom stereocenters. The average Bonchev–Trinajstić information content (AvgIpc) is 2.95. The molecule has 0 spiro atoms. The third-order valence-corrected chi connectivity index (χ3v) is 12.2. The second-order valence-corrected chi connectivity index (χ2v) is 15.4. The van der Waals surface area contributed by atoms with Crippen LogP contribution in [0.1, 0.15) is 42.3 Å². The molecular weight excluding hydrogens is 582 g/mol. The Labute approximate surface area is 247 Å². The Morgan fingerprint density at radius 1 is 0.825 bits per heavy atom. The van der Waals surface area contributed by atoms with E-state index in [1.807, 2.05) is 59.1 Å². The fourth-order valence-electron chi connectivity index (χ4n) is 3.36. The van der Waals surface area contributed by atoms with Gasteiger partial charge in [0.05, 0.1) is 26.5 Å². The van der Waals surface area contributed by atoms with Crippen LogP contribution in [-0.4, -0.2) is 58.7 Å². The van der Waals surface area contributed by atoms with E-state index >= 15 is 0 Å². The van der Waals surface area contributed by atoms with E-state index in [9.17, 15) is 9.90 Å². The van der Waals surface area contributed by atoms with E-state index < -0.39 is 19.0 Å². The third-order valence-electron chi connectivity index (χ3n) is 5.53. The average molecular weight is 615 g/mol. The van der Waals surface area contributed by atoms with Gasteiger partial charge in [0.25, 0.3) is 11.2 Å². The Kier molecular flexibility index (Phi) is 11.2. The molecule has 3 atom stereocenters. The quantitative estimate of drug-likeness (QED) is 0.0986. The molecule has 0 saturated carbocycles. The zero-order valence-electron chi connectivity index (χ0n) is 22.9. The number of phenolic OH excluding ortho intramolecular Hbond substituents is 1. The van der Waals surface area contributed by atoms with Crippen molar-refractivity contribution in [1.82, 2.24) is 9.56 Å². The van der Waals surface area contributed by atoms with Gasteiger partial charge in [-0.3, -0.25) is 4.79 Å². The summed E-state index contributed by atoms with van der Waals surface area (Å²) in [5.74, 6) is 1.32. The van der Waals surface area contributed by atoms with Gasteiger partial charge < -0.3 is 14.6 Å². The van der Waals surface area contributed by atoms with Crippen LogP contribution in [0.3, 0.4) is 0 Å². The predicted molar refractivity (Wildman–Crippen MR) is 170 cm³/mol. The number of aromatic hydroxyl groups is 1. The number of benzene rings is 3. The van der Waals surface area contributed by atoms with Crippen molar-refractivity contribution in [3.63, 3.8) is 0 Å². The lowest BCUT2D eigenvalue weighted by Gasteiger charge is -2.20. The van der Waals surface area contributed by atoms with E-state index in [-0.39, 0.29) is 11.6 Å². The number of hydrogen-bond acceptors (Lipinski definition) is 8. The van der Waals surface area contributed by atoms with Crippen LogP contribution in [0.25, 0.3) is 0 Å². The number of hydrogen-bond donors (Lipinski definition) is 1. The van der Waals surface area contributed by atoms with Gasteiger partial charge in [-0.2, -0.15) is 0 Å². The molecule has 208 valence electrons. The Hall–Kier alpha value is -3.29. The summed E-state index contributed by atoms with van der Waals surface area (Å²) in [7, 11) is 3.66. The fraction of sp³-hybridized carbons (Fsp3) is 0.250. The van der Waals surface area contributed by atoms with Gasteiger partial charge in [-0.15, -0.1) is 19.8 Å². The summed E-state index contributed by atoms with van der Waals surface area (Å²) in [5, 5.41) is 17.7. The zero-order chi connectivity index (χ0) is 29.3. The number of phenols is 1. The standard InChI is InChI=1S/C28H31N4O4P2S2/c1-21(37(39)31(4)29-18-22-6-12-25(34)13-7-22)35-26-14-8-23(9-15-26)19-30-32(5)38(40)28(2,3)36-27-16-10-24(20-33)11-17-27/h6-21H,1-5H3/q+1/p+1/b30-19+. The Morgan fingerprint density at radius 2 is 1.30 bits per heavy atom. The number of carbonyl (C=O) groups is 1. The number of rotatable bonds is 13. The number of aldehydes is 1. The van der Waals surface area contributed by atoms with Crippen molar-refractivity contribution in [3.05, 3.63) is 89.5 Å². The number of carbonyl (C=O) groups excluding carboxylic acids is 1. The van der Waals surface area contributed by atoms with Gasteiger partial charge in [-0.25, -0.2) is 0 Å². The Morgan fingerprint density at radius 3 is 1.85 bits per heavy atom.